The van der Waals surface area contributed by atoms with Crippen LogP contribution in [0, 0.1) is 17.2 Å². The van der Waals surface area contributed by atoms with Crippen LogP contribution in [0.4, 0.5) is 0 Å². The number of hydrogen-bond donors (Lipinski definition) is 2. The van der Waals surface area contributed by atoms with Gasteiger partial charge in [0.05, 0.1) is 36.0 Å². The lowest BCUT2D eigenvalue weighted by Gasteiger charge is -2.35. The number of amides is 2. The summed E-state index contributed by atoms with van der Waals surface area (Å²) < 4.78 is 1.96. The molecule has 0 bridgehead atoms. The van der Waals surface area contributed by atoms with Crippen molar-refractivity contribution in [3.05, 3.63) is 60.8 Å². The molecule has 1 aliphatic heterocycles. The number of rotatable bonds is 5. The smallest absolute Gasteiger partial charge is 0.255 e. The van der Waals surface area contributed by atoms with Gasteiger partial charge < -0.3 is 19.8 Å². The van der Waals surface area contributed by atoms with Crippen LogP contribution < -0.4 is 5.32 Å². The molecule has 10 nitrogen and oxygen atoms in total. The summed E-state index contributed by atoms with van der Waals surface area (Å²) >= 11 is 0. The van der Waals surface area contributed by atoms with E-state index < -0.39 is 5.91 Å². The second-order valence-corrected chi connectivity index (χ2v) is 7.45. The number of likely N-dealkylation sites (tertiary alicyclic amines) is 1. The lowest BCUT2D eigenvalue weighted by molar-refractivity contribution is -0.135. The first kappa shape index (κ1) is 19.4. The van der Waals surface area contributed by atoms with E-state index in [1.54, 1.807) is 17.3 Å². The van der Waals surface area contributed by atoms with E-state index >= 15 is 0 Å². The van der Waals surface area contributed by atoms with Crippen molar-refractivity contribution in [1.29, 1.82) is 5.26 Å². The van der Waals surface area contributed by atoms with Gasteiger partial charge >= 0.3 is 0 Å². The van der Waals surface area contributed by atoms with Crippen molar-refractivity contribution in [2.24, 2.45) is 5.92 Å². The number of carbonyl (C=O) groups is 2. The van der Waals surface area contributed by atoms with Gasteiger partial charge in [0.1, 0.15) is 11.2 Å². The van der Waals surface area contributed by atoms with Gasteiger partial charge in [-0.15, -0.1) is 0 Å². The van der Waals surface area contributed by atoms with E-state index in [1.807, 2.05) is 41.2 Å². The number of H-pyrrole nitrogens is 1. The van der Waals surface area contributed by atoms with Crippen molar-refractivity contribution in [2.45, 2.75) is 0 Å². The number of pyridine rings is 1. The molecule has 0 radical (unpaired) electrons. The SMILES string of the molecule is N#CC1CN(C(=O)CNC(=O)c2c[nH]c3ncc(-c4cc(-n5cccc5)ccn4)nc23)C1. The molecule has 32 heavy (non-hydrogen) atoms. The molecule has 5 heterocycles. The summed E-state index contributed by atoms with van der Waals surface area (Å²) in [6.45, 7) is 0.668. The van der Waals surface area contributed by atoms with E-state index in [4.69, 9.17) is 5.26 Å². The first-order chi connectivity index (χ1) is 15.6. The van der Waals surface area contributed by atoms with Crippen molar-refractivity contribution in [1.82, 2.24) is 34.7 Å². The predicted molar refractivity (Wildman–Crippen MR) is 114 cm³/mol. The molecule has 0 spiro atoms. The maximum Gasteiger partial charge on any atom is 0.255 e. The van der Waals surface area contributed by atoms with Crippen LogP contribution in [-0.2, 0) is 4.79 Å². The van der Waals surface area contributed by atoms with Crippen molar-refractivity contribution in [3.63, 3.8) is 0 Å². The normalized spacial score (nSPS) is 13.5. The van der Waals surface area contributed by atoms with Crippen LogP contribution in [0.1, 0.15) is 10.4 Å². The number of aromatic nitrogens is 5. The molecule has 158 valence electrons. The van der Waals surface area contributed by atoms with Crippen molar-refractivity contribution < 1.29 is 9.59 Å². The fraction of sp³-hybridized carbons (Fsp3) is 0.182. The minimum absolute atomic E-state index is 0.124. The van der Waals surface area contributed by atoms with Gasteiger partial charge in [-0.05, 0) is 24.3 Å². The highest BCUT2D eigenvalue weighted by atomic mass is 16.2. The summed E-state index contributed by atoms with van der Waals surface area (Å²) in [7, 11) is 0. The Kier molecular flexibility index (Phi) is 4.84. The van der Waals surface area contributed by atoms with Crippen LogP contribution in [0.15, 0.2) is 55.2 Å². The summed E-state index contributed by atoms with van der Waals surface area (Å²) in [5, 5.41) is 11.4. The standard InChI is InChI=1S/C22H18N8O2/c23-8-14-12-30(13-14)19(31)11-27-22(32)16-9-25-21-20(16)28-18(10-26-21)17-7-15(3-4-24-17)29-5-1-2-6-29/h1-7,9-10,14H,11-13H2,(H,25,26)(H,27,32). The van der Waals surface area contributed by atoms with Gasteiger partial charge in [0.25, 0.3) is 5.91 Å². The topological polar surface area (TPSA) is 133 Å². The predicted octanol–water partition coefficient (Wildman–Crippen LogP) is 1.52. The number of nitrogens with zero attached hydrogens (tertiary/aromatic N) is 6. The zero-order valence-electron chi connectivity index (χ0n) is 16.9. The number of nitriles is 1. The van der Waals surface area contributed by atoms with Gasteiger partial charge in [0, 0.05) is 43.6 Å². The number of carbonyl (C=O) groups excluding carboxylic acids is 2. The van der Waals surface area contributed by atoms with Crippen LogP contribution >= 0.6 is 0 Å². The summed E-state index contributed by atoms with van der Waals surface area (Å²) in [5.74, 6) is -0.772. The summed E-state index contributed by atoms with van der Waals surface area (Å²) in [4.78, 5) is 42.7. The van der Waals surface area contributed by atoms with Crippen LogP contribution in [-0.4, -0.2) is 60.9 Å². The zero-order chi connectivity index (χ0) is 22.1. The van der Waals surface area contributed by atoms with E-state index in [9.17, 15) is 9.59 Å². The third kappa shape index (κ3) is 3.56. The van der Waals surface area contributed by atoms with E-state index in [2.05, 4.69) is 31.3 Å². The lowest BCUT2D eigenvalue weighted by atomic mass is 10.0. The average Bonchev–Trinajstić information content (AvgIpc) is 3.46. The highest BCUT2D eigenvalue weighted by Gasteiger charge is 2.30. The Hall–Kier alpha value is -4.52. The summed E-state index contributed by atoms with van der Waals surface area (Å²) in [5.41, 5.74) is 3.23. The monoisotopic (exact) mass is 426 g/mol. The maximum absolute atomic E-state index is 12.7. The third-order valence-corrected chi connectivity index (χ3v) is 5.35. The molecule has 2 N–H and O–H groups in total. The molecule has 0 aliphatic carbocycles. The third-order valence-electron chi connectivity index (χ3n) is 5.35. The van der Waals surface area contributed by atoms with E-state index in [0.29, 0.717) is 41.2 Å². The van der Waals surface area contributed by atoms with Gasteiger partial charge in [-0.3, -0.25) is 14.6 Å². The Bertz CT molecular complexity index is 1350. The van der Waals surface area contributed by atoms with Crippen LogP contribution in [0.25, 0.3) is 28.2 Å². The largest absolute Gasteiger partial charge is 0.344 e. The summed E-state index contributed by atoms with van der Waals surface area (Å²) in [6, 6.07) is 9.77. The molecule has 0 aromatic carbocycles. The number of aromatic amines is 1. The fourth-order valence-electron chi connectivity index (χ4n) is 3.54. The van der Waals surface area contributed by atoms with Gasteiger partial charge in [-0.25, -0.2) is 9.97 Å². The molecule has 10 heteroatoms. The second-order valence-electron chi connectivity index (χ2n) is 7.45. The molecule has 0 unspecified atom stereocenters. The van der Waals surface area contributed by atoms with Crippen molar-refractivity contribution >= 4 is 23.0 Å². The van der Waals surface area contributed by atoms with E-state index in [-0.39, 0.29) is 18.4 Å². The molecular formula is C22H18N8O2. The quantitative estimate of drug-likeness (QED) is 0.497. The van der Waals surface area contributed by atoms with Gasteiger partial charge in [0.15, 0.2) is 5.65 Å². The Morgan fingerprint density at radius 3 is 2.81 bits per heavy atom. The van der Waals surface area contributed by atoms with Gasteiger partial charge in [-0.1, -0.05) is 0 Å². The summed E-state index contributed by atoms with van der Waals surface area (Å²) in [6.07, 6.45) is 8.68. The van der Waals surface area contributed by atoms with Gasteiger partial charge in [0.2, 0.25) is 5.91 Å². The molecule has 5 rings (SSSR count). The first-order valence-corrected chi connectivity index (χ1v) is 10.0. The molecule has 1 saturated heterocycles. The first-order valence-electron chi connectivity index (χ1n) is 10.0. The molecule has 2 amide bonds. The molecule has 1 aliphatic rings. The Balaban J connectivity index is 1.35. The number of fused-ring (bicyclic) bond motifs is 1. The Morgan fingerprint density at radius 1 is 1.22 bits per heavy atom. The van der Waals surface area contributed by atoms with E-state index in [1.165, 1.54) is 6.20 Å². The molecule has 1 fully saturated rings. The Labute approximate surface area is 182 Å². The Morgan fingerprint density at radius 2 is 2.03 bits per heavy atom. The molecule has 4 aromatic heterocycles. The molecule has 0 saturated carbocycles. The molecular weight excluding hydrogens is 408 g/mol. The average molecular weight is 426 g/mol. The zero-order valence-corrected chi connectivity index (χ0v) is 16.9. The fourth-order valence-corrected chi connectivity index (χ4v) is 3.54. The van der Waals surface area contributed by atoms with Crippen LogP contribution in [0.5, 0.6) is 0 Å². The second kappa shape index (κ2) is 7.96. The van der Waals surface area contributed by atoms with Crippen LogP contribution in [0.2, 0.25) is 0 Å². The van der Waals surface area contributed by atoms with E-state index in [0.717, 1.165) is 5.69 Å². The van der Waals surface area contributed by atoms with Crippen LogP contribution in [0.3, 0.4) is 0 Å². The molecule has 0 atom stereocenters. The minimum atomic E-state index is -0.428. The van der Waals surface area contributed by atoms with Crippen molar-refractivity contribution in [2.75, 3.05) is 19.6 Å². The molecule has 4 aromatic rings. The number of nitrogens with one attached hydrogen (secondary N) is 2. The lowest BCUT2D eigenvalue weighted by Crippen LogP contribution is -2.52. The maximum atomic E-state index is 12.7. The number of hydrogen-bond acceptors (Lipinski definition) is 6. The van der Waals surface area contributed by atoms with Gasteiger partial charge in [-0.2, -0.15) is 5.26 Å². The highest BCUT2D eigenvalue weighted by molar-refractivity contribution is 6.05. The van der Waals surface area contributed by atoms with Crippen molar-refractivity contribution in [3.8, 4) is 23.1 Å². The minimum Gasteiger partial charge on any atom is -0.344 e. The highest BCUT2D eigenvalue weighted by Crippen LogP contribution is 2.21.